The average molecular weight is 364 g/mol. The molecular formula is C16H13IS. The van der Waals surface area contributed by atoms with Crippen molar-refractivity contribution in [3.05, 3.63) is 74.9 Å². The number of allylic oxidation sites excluding steroid dienone is 1. The standard InChI is InChI=1S/C16H13IS/c1-12-7-8-13(11-15(12)17)9-10-16(18)14-5-3-2-4-6-14/h2-11H,1H3. The van der Waals surface area contributed by atoms with Crippen molar-refractivity contribution >= 4 is 45.7 Å². The number of hydrogen-bond donors (Lipinski definition) is 0. The molecule has 0 heterocycles. The van der Waals surface area contributed by atoms with Crippen LogP contribution in [0, 0.1) is 10.5 Å². The fourth-order valence-corrected chi connectivity index (χ4v) is 2.33. The quantitative estimate of drug-likeness (QED) is 0.319. The third kappa shape index (κ3) is 3.50. The largest absolute Gasteiger partial charge is 0.0795 e. The Labute approximate surface area is 127 Å². The second kappa shape index (κ2) is 6.25. The van der Waals surface area contributed by atoms with E-state index in [9.17, 15) is 0 Å². The molecule has 90 valence electrons. The van der Waals surface area contributed by atoms with Gasteiger partial charge in [-0.15, -0.1) is 0 Å². The summed E-state index contributed by atoms with van der Waals surface area (Å²) in [5.74, 6) is 0. The van der Waals surface area contributed by atoms with Gasteiger partial charge in [0, 0.05) is 8.43 Å². The number of aryl methyl sites for hydroxylation is 1. The van der Waals surface area contributed by atoms with Crippen LogP contribution in [0.25, 0.3) is 6.08 Å². The molecule has 0 aliphatic rings. The summed E-state index contributed by atoms with van der Waals surface area (Å²) in [5.41, 5.74) is 3.58. The predicted molar refractivity (Wildman–Crippen MR) is 91.1 cm³/mol. The van der Waals surface area contributed by atoms with E-state index in [1.54, 1.807) is 0 Å². The highest BCUT2D eigenvalue weighted by molar-refractivity contribution is 14.1. The highest BCUT2D eigenvalue weighted by Crippen LogP contribution is 2.15. The van der Waals surface area contributed by atoms with Gasteiger partial charge in [0.1, 0.15) is 0 Å². The first-order valence-corrected chi connectivity index (χ1v) is 7.19. The molecule has 0 amide bonds. The molecule has 2 aromatic carbocycles. The van der Waals surface area contributed by atoms with E-state index in [2.05, 4.69) is 53.8 Å². The summed E-state index contributed by atoms with van der Waals surface area (Å²) in [6.07, 6.45) is 4.06. The minimum atomic E-state index is 0.867. The van der Waals surface area contributed by atoms with Gasteiger partial charge in [0.25, 0.3) is 0 Å². The van der Waals surface area contributed by atoms with Gasteiger partial charge in [-0.1, -0.05) is 60.8 Å². The van der Waals surface area contributed by atoms with E-state index in [0.29, 0.717) is 0 Å². The Kier molecular flexibility index (Phi) is 4.66. The van der Waals surface area contributed by atoms with E-state index in [4.69, 9.17) is 12.2 Å². The lowest BCUT2D eigenvalue weighted by atomic mass is 10.1. The lowest BCUT2D eigenvalue weighted by Crippen LogP contribution is -1.91. The first-order chi connectivity index (χ1) is 8.66. The number of benzene rings is 2. The van der Waals surface area contributed by atoms with Gasteiger partial charge in [-0.3, -0.25) is 0 Å². The van der Waals surface area contributed by atoms with Gasteiger partial charge in [-0.2, -0.15) is 0 Å². The van der Waals surface area contributed by atoms with Crippen LogP contribution in [-0.2, 0) is 0 Å². The molecule has 0 aliphatic heterocycles. The van der Waals surface area contributed by atoms with Crippen LogP contribution in [0.1, 0.15) is 16.7 Å². The van der Waals surface area contributed by atoms with E-state index in [0.717, 1.165) is 10.4 Å². The molecule has 2 aromatic rings. The van der Waals surface area contributed by atoms with Crippen molar-refractivity contribution in [2.75, 3.05) is 0 Å². The van der Waals surface area contributed by atoms with Crippen LogP contribution in [-0.4, -0.2) is 4.86 Å². The molecule has 0 aliphatic carbocycles. The lowest BCUT2D eigenvalue weighted by Gasteiger charge is -2.00. The summed E-state index contributed by atoms with van der Waals surface area (Å²) >= 11 is 7.74. The predicted octanol–water partition coefficient (Wildman–Crippen LogP) is 5.03. The van der Waals surface area contributed by atoms with E-state index >= 15 is 0 Å². The maximum Gasteiger partial charge on any atom is 0.0449 e. The monoisotopic (exact) mass is 364 g/mol. The fraction of sp³-hybridized carbons (Fsp3) is 0.0625. The second-order valence-electron chi connectivity index (χ2n) is 4.07. The molecule has 2 heteroatoms. The number of rotatable bonds is 3. The summed E-state index contributed by atoms with van der Waals surface area (Å²) in [4.78, 5) is 0.867. The summed E-state index contributed by atoms with van der Waals surface area (Å²) in [7, 11) is 0. The van der Waals surface area contributed by atoms with Crippen LogP contribution in [0.5, 0.6) is 0 Å². The van der Waals surface area contributed by atoms with Gasteiger partial charge < -0.3 is 0 Å². The molecule has 0 nitrogen and oxygen atoms in total. The van der Waals surface area contributed by atoms with Gasteiger partial charge in [0.05, 0.1) is 0 Å². The molecule has 0 bridgehead atoms. The third-order valence-corrected chi connectivity index (χ3v) is 4.22. The molecule has 0 radical (unpaired) electrons. The average Bonchev–Trinajstić information content (AvgIpc) is 2.41. The Morgan fingerprint density at radius 2 is 1.83 bits per heavy atom. The van der Waals surface area contributed by atoms with E-state index in [1.807, 2.05) is 36.4 Å². The Balaban J connectivity index is 2.16. The number of thiocarbonyl (C=S) groups is 1. The zero-order valence-corrected chi connectivity index (χ0v) is 13.0. The molecule has 0 saturated carbocycles. The SMILES string of the molecule is Cc1ccc(C=CC(=S)c2ccccc2)cc1I. The van der Waals surface area contributed by atoms with Crippen molar-refractivity contribution in [1.29, 1.82) is 0 Å². The van der Waals surface area contributed by atoms with Gasteiger partial charge in [-0.05, 0) is 58.3 Å². The minimum Gasteiger partial charge on any atom is -0.0795 e. The smallest absolute Gasteiger partial charge is 0.0449 e. The van der Waals surface area contributed by atoms with Crippen molar-refractivity contribution in [2.45, 2.75) is 6.92 Å². The minimum absolute atomic E-state index is 0.867. The number of halogens is 1. The molecular weight excluding hydrogens is 351 g/mol. The van der Waals surface area contributed by atoms with Crippen LogP contribution in [0.4, 0.5) is 0 Å². The topological polar surface area (TPSA) is 0 Å². The van der Waals surface area contributed by atoms with Crippen LogP contribution in [0.3, 0.4) is 0 Å². The van der Waals surface area contributed by atoms with Crippen LogP contribution >= 0.6 is 34.8 Å². The van der Waals surface area contributed by atoms with Crippen molar-refractivity contribution in [2.24, 2.45) is 0 Å². The lowest BCUT2D eigenvalue weighted by molar-refractivity contribution is 1.42. The zero-order valence-electron chi connectivity index (χ0n) is 10.1. The van der Waals surface area contributed by atoms with Crippen molar-refractivity contribution in [3.8, 4) is 0 Å². The molecule has 0 aromatic heterocycles. The normalized spacial score (nSPS) is 10.8. The third-order valence-electron chi connectivity index (χ3n) is 2.68. The zero-order chi connectivity index (χ0) is 13.0. The van der Waals surface area contributed by atoms with Crippen LogP contribution in [0.2, 0.25) is 0 Å². The molecule has 2 rings (SSSR count). The molecule has 0 fully saturated rings. The summed E-state index contributed by atoms with van der Waals surface area (Å²) in [6.45, 7) is 2.11. The molecule has 0 unspecified atom stereocenters. The molecule has 0 atom stereocenters. The first-order valence-electron chi connectivity index (χ1n) is 5.70. The maximum absolute atomic E-state index is 5.39. The second-order valence-corrected chi connectivity index (χ2v) is 5.67. The summed E-state index contributed by atoms with van der Waals surface area (Å²) in [6, 6.07) is 16.5. The Bertz CT molecular complexity index is 585. The molecule has 18 heavy (non-hydrogen) atoms. The van der Waals surface area contributed by atoms with Gasteiger partial charge in [0.2, 0.25) is 0 Å². The van der Waals surface area contributed by atoms with E-state index < -0.39 is 0 Å². The van der Waals surface area contributed by atoms with E-state index in [-0.39, 0.29) is 0 Å². The highest BCUT2D eigenvalue weighted by atomic mass is 127. The highest BCUT2D eigenvalue weighted by Gasteiger charge is 1.97. The van der Waals surface area contributed by atoms with Crippen molar-refractivity contribution in [3.63, 3.8) is 0 Å². The van der Waals surface area contributed by atoms with Crippen molar-refractivity contribution < 1.29 is 0 Å². The van der Waals surface area contributed by atoms with Crippen molar-refractivity contribution in [1.82, 2.24) is 0 Å². The number of hydrogen-bond acceptors (Lipinski definition) is 1. The first kappa shape index (κ1) is 13.4. The summed E-state index contributed by atoms with van der Waals surface area (Å²) < 4.78 is 1.28. The van der Waals surface area contributed by atoms with E-state index in [1.165, 1.54) is 14.7 Å². The Hall–Kier alpha value is -1.000. The fourth-order valence-electron chi connectivity index (χ4n) is 1.58. The van der Waals surface area contributed by atoms with Crippen LogP contribution < -0.4 is 0 Å². The Morgan fingerprint density at radius 1 is 1.11 bits per heavy atom. The van der Waals surface area contributed by atoms with Gasteiger partial charge >= 0.3 is 0 Å². The summed E-state index contributed by atoms with van der Waals surface area (Å²) in [5, 5.41) is 0. The Morgan fingerprint density at radius 3 is 2.50 bits per heavy atom. The molecule has 0 spiro atoms. The van der Waals surface area contributed by atoms with Crippen LogP contribution in [0.15, 0.2) is 54.6 Å². The maximum atomic E-state index is 5.39. The van der Waals surface area contributed by atoms with Gasteiger partial charge in [0.15, 0.2) is 0 Å². The molecule has 0 saturated heterocycles. The molecule has 0 N–H and O–H groups in total. The van der Waals surface area contributed by atoms with Gasteiger partial charge in [-0.25, -0.2) is 0 Å².